The van der Waals surface area contributed by atoms with E-state index >= 15 is 0 Å². The van der Waals surface area contributed by atoms with Gasteiger partial charge in [0.25, 0.3) is 5.91 Å². The first-order chi connectivity index (χ1) is 14.6. The Hall–Kier alpha value is -3.05. The van der Waals surface area contributed by atoms with Gasteiger partial charge < -0.3 is 20.5 Å². The van der Waals surface area contributed by atoms with Crippen LogP contribution in [0.3, 0.4) is 0 Å². The summed E-state index contributed by atoms with van der Waals surface area (Å²) in [6.45, 7) is 6.80. The number of amides is 3. The molecular weight excluding hydrogens is 398 g/mol. The summed E-state index contributed by atoms with van der Waals surface area (Å²) in [5, 5.41) is 14.8. The molecule has 3 N–H and O–H groups in total. The molecule has 0 fully saturated rings. The van der Waals surface area contributed by atoms with E-state index in [-0.39, 0.29) is 0 Å². The summed E-state index contributed by atoms with van der Waals surface area (Å²) in [6.07, 6.45) is 7.48. The van der Waals surface area contributed by atoms with Crippen LogP contribution < -0.4 is 10.6 Å². The highest BCUT2D eigenvalue weighted by Gasteiger charge is 2.35. The van der Waals surface area contributed by atoms with Gasteiger partial charge in [-0.05, 0) is 32.8 Å². The Kier molecular flexibility index (Phi) is 10.6. The number of rotatable bonds is 10. The van der Waals surface area contributed by atoms with Crippen molar-refractivity contribution in [2.45, 2.75) is 64.6 Å². The zero-order valence-corrected chi connectivity index (χ0v) is 18.7. The van der Waals surface area contributed by atoms with Crippen LogP contribution in [0, 0.1) is 12.5 Å². The van der Waals surface area contributed by atoms with Crippen LogP contribution >= 0.6 is 0 Å². The van der Waals surface area contributed by atoms with Crippen molar-refractivity contribution in [3.05, 3.63) is 35.9 Å². The van der Waals surface area contributed by atoms with Gasteiger partial charge in [0.15, 0.2) is 0 Å². The topological polar surface area (TPSA) is 108 Å². The molecule has 0 saturated carbocycles. The van der Waals surface area contributed by atoms with E-state index in [1.807, 2.05) is 0 Å². The summed E-state index contributed by atoms with van der Waals surface area (Å²) in [5.74, 6) is -1.24. The van der Waals surface area contributed by atoms with Gasteiger partial charge in [-0.2, -0.15) is 0 Å². The number of terminal acetylenes is 1. The van der Waals surface area contributed by atoms with Crippen LogP contribution in [-0.4, -0.2) is 52.7 Å². The Bertz CT molecular complexity index is 768. The zero-order valence-electron chi connectivity index (χ0n) is 18.7. The maximum Gasteiger partial charge on any atom is 0.408 e. The Morgan fingerprint density at radius 3 is 2.35 bits per heavy atom. The van der Waals surface area contributed by atoms with Crippen molar-refractivity contribution in [2.75, 3.05) is 13.2 Å². The smallest absolute Gasteiger partial charge is 0.408 e. The van der Waals surface area contributed by atoms with Gasteiger partial charge in [-0.15, -0.1) is 0 Å². The normalized spacial score (nSPS) is 12.8. The summed E-state index contributed by atoms with van der Waals surface area (Å²) >= 11 is 0. The lowest BCUT2D eigenvalue weighted by Gasteiger charge is -2.29. The van der Waals surface area contributed by atoms with Crippen LogP contribution in [0.4, 0.5) is 4.79 Å². The number of nitrogens with one attached hydrogen (secondary N) is 2. The van der Waals surface area contributed by atoms with Crippen LogP contribution in [0.2, 0.25) is 0 Å². The van der Waals surface area contributed by atoms with Gasteiger partial charge in [0.1, 0.15) is 17.7 Å². The average molecular weight is 432 g/mol. The quantitative estimate of drug-likeness (QED) is 0.299. The number of carbonyl (C=O) groups is 3. The Balaban J connectivity index is 3.10. The van der Waals surface area contributed by atoms with E-state index in [2.05, 4.69) is 23.6 Å². The molecule has 0 spiro atoms. The van der Waals surface area contributed by atoms with Crippen molar-refractivity contribution >= 4 is 17.9 Å². The largest absolute Gasteiger partial charge is 0.444 e. The maximum atomic E-state index is 13.1. The van der Waals surface area contributed by atoms with Crippen molar-refractivity contribution in [2.24, 2.45) is 0 Å². The molecule has 0 aliphatic heterocycles. The lowest BCUT2D eigenvalue weighted by Crippen LogP contribution is -2.53. The average Bonchev–Trinajstić information content (AvgIpc) is 2.72. The summed E-state index contributed by atoms with van der Waals surface area (Å²) in [5.41, 5.74) is -0.278. The van der Waals surface area contributed by atoms with Gasteiger partial charge in [-0.1, -0.05) is 56.5 Å². The molecule has 2 atom stereocenters. The van der Waals surface area contributed by atoms with E-state index < -0.39 is 42.2 Å². The summed E-state index contributed by atoms with van der Waals surface area (Å²) in [6, 6.07) is 8.36. The molecule has 0 bridgehead atoms. The number of alkyl carbamates (subject to hydrolysis) is 1. The van der Waals surface area contributed by atoms with Gasteiger partial charge >= 0.3 is 6.09 Å². The second kappa shape index (κ2) is 12.6. The van der Waals surface area contributed by atoms with E-state index in [0.29, 0.717) is 12.1 Å². The van der Waals surface area contributed by atoms with E-state index in [0.717, 1.165) is 24.2 Å². The zero-order chi connectivity index (χ0) is 23.4. The van der Waals surface area contributed by atoms with E-state index in [9.17, 15) is 19.5 Å². The molecule has 0 radical (unpaired) electrons. The van der Waals surface area contributed by atoms with Gasteiger partial charge in [0, 0.05) is 12.6 Å². The predicted molar refractivity (Wildman–Crippen MR) is 118 cm³/mol. The van der Waals surface area contributed by atoms with Crippen molar-refractivity contribution in [3.8, 4) is 12.5 Å². The minimum Gasteiger partial charge on any atom is -0.444 e. The summed E-state index contributed by atoms with van der Waals surface area (Å²) in [7, 11) is 0. The van der Waals surface area contributed by atoms with Crippen LogP contribution in [0.1, 0.15) is 58.6 Å². The molecule has 0 aliphatic carbocycles. The van der Waals surface area contributed by atoms with Crippen molar-refractivity contribution in [1.29, 1.82) is 0 Å². The minimum absolute atomic E-state index is 0.442. The number of aliphatic hydroxyl groups excluding tert-OH is 1. The third-order valence-electron chi connectivity index (χ3n) is 4.25. The van der Waals surface area contributed by atoms with Gasteiger partial charge in [0.05, 0.1) is 6.61 Å². The second-order valence-electron chi connectivity index (χ2n) is 8.03. The van der Waals surface area contributed by atoms with E-state index in [4.69, 9.17) is 11.2 Å². The van der Waals surface area contributed by atoms with Crippen LogP contribution in [0.25, 0.3) is 0 Å². The van der Waals surface area contributed by atoms with E-state index in [1.54, 1.807) is 51.1 Å². The minimum atomic E-state index is -1.37. The molecule has 8 heteroatoms. The predicted octanol–water partition coefficient (Wildman–Crippen LogP) is 2.34. The van der Waals surface area contributed by atoms with Crippen molar-refractivity contribution < 1.29 is 24.2 Å². The maximum absolute atomic E-state index is 13.1. The standard InChI is InChI=1S/C23H33N3O5/c1-6-8-12-15-24-20(28)19(17-13-10-9-11-14-17)26(7-2)21(29)18(16-27)25-22(30)31-23(3,4)5/h2,9-11,13-14,18-19,27H,6,8,12,15-16H2,1,3-5H3,(H,24,28)(H,25,30). The fraction of sp³-hybridized carbons (Fsp3) is 0.522. The molecule has 2 unspecified atom stereocenters. The molecule has 8 nitrogen and oxygen atoms in total. The number of hydrogen-bond acceptors (Lipinski definition) is 5. The third kappa shape index (κ3) is 8.69. The van der Waals surface area contributed by atoms with Crippen molar-refractivity contribution in [3.63, 3.8) is 0 Å². The number of nitrogens with zero attached hydrogens (tertiary/aromatic N) is 1. The van der Waals surface area contributed by atoms with Gasteiger partial charge in [0.2, 0.25) is 5.91 Å². The number of hydrogen-bond donors (Lipinski definition) is 3. The highest BCUT2D eigenvalue weighted by molar-refractivity contribution is 5.93. The molecule has 1 aromatic rings. The molecule has 0 aliphatic rings. The number of unbranched alkanes of at least 4 members (excludes halogenated alkanes) is 2. The van der Waals surface area contributed by atoms with Gasteiger partial charge in [-0.25, -0.2) is 4.79 Å². The fourth-order valence-electron chi connectivity index (χ4n) is 2.80. The first-order valence-corrected chi connectivity index (χ1v) is 10.4. The monoisotopic (exact) mass is 431 g/mol. The highest BCUT2D eigenvalue weighted by atomic mass is 16.6. The lowest BCUT2D eigenvalue weighted by atomic mass is 10.0. The Labute approximate surface area is 184 Å². The van der Waals surface area contributed by atoms with Crippen molar-refractivity contribution in [1.82, 2.24) is 15.5 Å². The molecule has 0 aromatic heterocycles. The Morgan fingerprint density at radius 1 is 1.19 bits per heavy atom. The molecule has 0 heterocycles. The number of carbonyl (C=O) groups excluding carboxylic acids is 3. The fourth-order valence-corrected chi connectivity index (χ4v) is 2.80. The van der Waals surface area contributed by atoms with Gasteiger partial charge in [-0.3, -0.25) is 14.5 Å². The first-order valence-electron chi connectivity index (χ1n) is 10.4. The van der Waals surface area contributed by atoms with E-state index in [1.165, 1.54) is 0 Å². The molecule has 1 rings (SSSR count). The first kappa shape index (κ1) is 26.0. The molecular formula is C23H33N3O5. The Morgan fingerprint density at radius 2 is 1.84 bits per heavy atom. The summed E-state index contributed by atoms with van der Waals surface area (Å²) in [4.78, 5) is 39.0. The third-order valence-corrected chi connectivity index (χ3v) is 4.25. The molecule has 31 heavy (non-hydrogen) atoms. The number of benzene rings is 1. The second-order valence-corrected chi connectivity index (χ2v) is 8.03. The molecule has 3 amide bonds. The molecule has 1 aromatic carbocycles. The lowest BCUT2D eigenvalue weighted by molar-refractivity contribution is -0.139. The highest BCUT2D eigenvalue weighted by Crippen LogP contribution is 2.22. The number of ether oxygens (including phenoxy) is 1. The van der Waals surface area contributed by atoms with Crippen LogP contribution in [-0.2, 0) is 14.3 Å². The molecule has 170 valence electrons. The molecule has 0 saturated heterocycles. The SMILES string of the molecule is C#CN(C(=O)C(CO)NC(=O)OC(C)(C)C)C(C(=O)NCCCCC)c1ccccc1. The number of aliphatic hydroxyl groups is 1. The summed E-state index contributed by atoms with van der Waals surface area (Å²) < 4.78 is 5.14. The van der Waals surface area contributed by atoms with Crippen LogP contribution in [0.5, 0.6) is 0 Å². The van der Waals surface area contributed by atoms with Crippen LogP contribution in [0.15, 0.2) is 30.3 Å².